The van der Waals surface area contributed by atoms with E-state index in [-0.39, 0.29) is 0 Å². The summed E-state index contributed by atoms with van der Waals surface area (Å²) in [6.45, 7) is 0. The van der Waals surface area contributed by atoms with Crippen LogP contribution in [0.2, 0.25) is 0 Å². The Hall–Kier alpha value is -1.90. The van der Waals surface area contributed by atoms with Crippen molar-refractivity contribution < 1.29 is 78.1 Å². The van der Waals surface area contributed by atoms with E-state index in [4.69, 9.17) is 78.1 Å². The number of aliphatic carboxylic acids is 4. The molecule has 0 atom stereocenters. The minimum absolute atomic E-state index is 2.19. The number of hydrogen-bond donors (Lipinski definition) is 0. The SMILES string of the molecule is O=C([O-])C(=O)[O-].O=C([O-])C(=O)[O-].O=P([O-])([O-])[O-].O=P([O-])([O-])[O-]. The largest absolute Gasteiger partial charge is 0.822 e. The topological polar surface area (TPSA) is 333 Å². The summed E-state index contributed by atoms with van der Waals surface area (Å²) in [5.74, 6) is -8.74. The second-order valence-electron chi connectivity index (χ2n) is 2.04. The molecular formula is C4O16P2-10. The van der Waals surface area contributed by atoms with E-state index in [1.54, 1.807) is 0 Å². The third kappa shape index (κ3) is 142. The van der Waals surface area contributed by atoms with Crippen LogP contribution in [0.25, 0.3) is 0 Å². The number of hydrogen-bond acceptors (Lipinski definition) is 16. The number of carbonyl (C=O) groups is 4. The van der Waals surface area contributed by atoms with Crippen LogP contribution in [-0.2, 0) is 28.3 Å². The van der Waals surface area contributed by atoms with Crippen molar-refractivity contribution in [2.45, 2.75) is 0 Å². The molecule has 22 heavy (non-hydrogen) atoms. The summed E-state index contributed by atoms with van der Waals surface area (Å²) < 4.78 is 17.1. The Morgan fingerprint density at radius 3 is 0.500 bits per heavy atom. The van der Waals surface area contributed by atoms with Gasteiger partial charge in [-0.1, -0.05) is 0 Å². The summed E-state index contributed by atoms with van der Waals surface area (Å²) in [5.41, 5.74) is 0. The fourth-order valence-electron chi connectivity index (χ4n) is 0. The van der Waals surface area contributed by atoms with Gasteiger partial charge < -0.3 is 78.1 Å². The number of carboxylic acids is 4. The lowest BCUT2D eigenvalue weighted by Gasteiger charge is -2.36. The van der Waals surface area contributed by atoms with Crippen molar-refractivity contribution in [3.63, 3.8) is 0 Å². The summed E-state index contributed by atoms with van der Waals surface area (Å²) in [6.07, 6.45) is 0. The summed E-state index contributed by atoms with van der Waals surface area (Å²) in [5, 5.41) is 35.7. The molecule has 0 aromatic carbocycles. The van der Waals surface area contributed by atoms with Crippen LogP contribution in [0.4, 0.5) is 0 Å². The van der Waals surface area contributed by atoms with Gasteiger partial charge in [-0.2, -0.15) is 15.6 Å². The first-order chi connectivity index (χ1) is 9.29. The van der Waals surface area contributed by atoms with Gasteiger partial charge in [-0.25, -0.2) is 0 Å². The summed E-state index contributed by atoms with van der Waals surface area (Å²) >= 11 is 0. The van der Waals surface area contributed by atoms with Crippen LogP contribution >= 0.6 is 15.6 Å². The highest BCUT2D eigenvalue weighted by Crippen LogP contribution is 2.03. The molecule has 0 fully saturated rings. The lowest BCUT2D eigenvalue weighted by molar-refractivity contribution is -0.434. The molecule has 0 rings (SSSR count). The Balaban J connectivity index is -0.0000000986. The van der Waals surface area contributed by atoms with Gasteiger partial charge in [0, 0.05) is 0 Å². The predicted octanol–water partition coefficient (Wildman–Crippen LogP) is -12.7. The van der Waals surface area contributed by atoms with Gasteiger partial charge in [-0.15, -0.1) is 0 Å². The van der Waals surface area contributed by atoms with E-state index in [0.717, 1.165) is 0 Å². The second-order valence-corrected chi connectivity index (χ2v) is 3.83. The van der Waals surface area contributed by atoms with E-state index < -0.39 is 39.5 Å². The fourth-order valence-corrected chi connectivity index (χ4v) is 0. The van der Waals surface area contributed by atoms with Gasteiger partial charge in [0.25, 0.3) is 0 Å². The maximum Gasteiger partial charge on any atom is 0.0870 e. The first kappa shape index (κ1) is 28.3. The average molecular weight is 366 g/mol. The predicted molar refractivity (Wildman–Crippen MR) is 35.2 cm³/mol. The summed E-state index contributed by atoms with van der Waals surface area (Å²) in [4.78, 5) is 87.0. The highest BCUT2D eigenvalue weighted by molar-refractivity contribution is 7.40. The molecule has 0 aliphatic heterocycles. The number of carboxylic acid groups (broad SMARTS) is 4. The van der Waals surface area contributed by atoms with Crippen LogP contribution in [0, 0.1) is 0 Å². The number of phosphoric acid groups is 2. The molecule has 0 saturated carbocycles. The van der Waals surface area contributed by atoms with E-state index in [1.165, 1.54) is 0 Å². The van der Waals surface area contributed by atoms with Crippen LogP contribution in [-0.4, -0.2) is 23.9 Å². The molecule has 0 radical (unpaired) electrons. The molecule has 0 amide bonds. The number of rotatable bonds is 0. The molecule has 0 aliphatic rings. The normalized spacial score (nSPS) is 9.36. The summed E-state index contributed by atoms with van der Waals surface area (Å²) in [7, 11) is -10.8. The van der Waals surface area contributed by atoms with Crippen molar-refractivity contribution >= 4 is 39.5 Å². The van der Waals surface area contributed by atoms with Crippen molar-refractivity contribution in [3.8, 4) is 0 Å². The van der Waals surface area contributed by atoms with E-state index in [0.29, 0.717) is 0 Å². The van der Waals surface area contributed by atoms with Gasteiger partial charge in [0.05, 0.1) is 23.9 Å². The van der Waals surface area contributed by atoms with Gasteiger partial charge in [0.2, 0.25) is 0 Å². The standard InChI is InChI=1S/2C2H2O4.2H3O4P/c2*3-1(4)2(5)6;2*1-5(2,3)4/h2*(H,3,4)(H,5,6);2*(H3,1,2,3,4)/p-10. The van der Waals surface area contributed by atoms with E-state index in [2.05, 4.69) is 0 Å². The quantitative estimate of drug-likeness (QED) is 0.283. The average Bonchev–Trinajstić information content (AvgIpc) is 2.12. The van der Waals surface area contributed by atoms with Crippen molar-refractivity contribution in [1.29, 1.82) is 0 Å². The van der Waals surface area contributed by atoms with Crippen molar-refractivity contribution in [1.82, 2.24) is 0 Å². The van der Waals surface area contributed by atoms with Gasteiger partial charge in [0.1, 0.15) is 0 Å². The van der Waals surface area contributed by atoms with Crippen molar-refractivity contribution in [3.05, 3.63) is 0 Å². The van der Waals surface area contributed by atoms with Crippen LogP contribution in [0.3, 0.4) is 0 Å². The van der Waals surface area contributed by atoms with Crippen LogP contribution in [0.1, 0.15) is 0 Å². The molecule has 0 saturated heterocycles. The van der Waals surface area contributed by atoms with Crippen LogP contribution in [0.5, 0.6) is 0 Å². The molecular weight excluding hydrogens is 366 g/mol. The maximum atomic E-state index is 8.93. The Morgan fingerprint density at radius 2 is 0.500 bits per heavy atom. The molecule has 0 aromatic heterocycles. The second kappa shape index (κ2) is 12.8. The molecule has 0 spiro atoms. The molecule has 0 heterocycles. The Bertz CT molecular complexity index is 380. The Labute approximate surface area is 119 Å². The van der Waals surface area contributed by atoms with Gasteiger partial charge in [0.15, 0.2) is 0 Å². The Morgan fingerprint density at radius 1 is 0.455 bits per heavy atom. The molecule has 0 N–H and O–H groups in total. The molecule has 18 heteroatoms. The highest BCUT2D eigenvalue weighted by atomic mass is 31.2. The van der Waals surface area contributed by atoms with Crippen molar-refractivity contribution in [2.24, 2.45) is 0 Å². The maximum absolute atomic E-state index is 8.93. The monoisotopic (exact) mass is 366 g/mol. The molecule has 0 bridgehead atoms. The first-order valence-corrected chi connectivity index (χ1v) is 6.51. The molecule has 0 aromatic rings. The third-order valence-corrected chi connectivity index (χ3v) is 0.333. The molecule has 132 valence electrons. The van der Waals surface area contributed by atoms with E-state index in [1.807, 2.05) is 0 Å². The zero-order valence-corrected chi connectivity index (χ0v) is 11.2. The first-order valence-electron chi connectivity index (χ1n) is 3.59. The highest BCUT2D eigenvalue weighted by Gasteiger charge is 1.75. The van der Waals surface area contributed by atoms with Crippen LogP contribution < -0.4 is 49.8 Å². The molecule has 0 unspecified atom stereocenters. The lowest BCUT2D eigenvalue weighted by Crippen LogP contribution is -2.42. The van der Waals surface area contributed by atoms with E-state index in [9.17, 15) is 0 Å². The lowest BCUT2D eigenvalue weighted by atomic mass is 10.7. The minimum Gasteiger partial charge on any atom is -0.822 e. The molecule has 16 nitrogen and oxygen atoms in total. The van der Waals surface area contributed by atoms with Gasteiger partial charge >= 0.3 is 0 Å². The van der Waals surface area contributed by atoms with Crippen molar-refractivity contribution in [2.75, 3.05) is 0 Å². The van der Waals surface area contributed by atoms with Gasteiger partial charge in [-0.05, 0) is 0 Å². The zero-order chi connectivity index (χ0) is 19.3. The number of carbonyl (C=O) groups excluding carboxylic acids is 4. The van der Waals surface area contributed by atoms with Gasteiger partial charge in [-0.3, -0.25) is 0 Å². The fraction of sp³-hybridized carbons (Fsp3) is 0. The third-order valence-electron chi connectivity index (χ3n) is 0.333. The smallest absolute Gasteiger partial charge is 0.0870 e. The van der Waals surface area contributed by atoms with Crippen LogP contribution in [0.15, 0.2) is 0 Å². The zero-order valence-electron chi connectivity index (χ0n) is 9.43. The summed E-state index contributed by atoms with van der Waals surface area (Å²) in [6, 6.07) is 0. The van der Waals surface area contributed by atoms with E-state index >= 15 is 0 Å². The Kier molecular flexibility index (Phi) is 16.5. The molecule has 0 aliphatic carbocycles. The minimum atomic E-state index is -5.39.